The number of carbonyl (C=O) groups is 1. The Kier molecular flexibility index (Phi) is 5.11. The molecule has 21 heavy (non-hydrogen) atoms. The molecule has 1 amide bonds. The molecule has 2 aromatic rings. The molecule has 5 nitrogen and oxygen atoms in total. The molecule has 1 aromatic heterocycles. The maximum Gasteiger partial charge on any atom is 0.272 e. The summed E-state index contributed by atoms with van der Waals surface area (Å²) < 4.78 is 0. The Morgan fingerprint density at radius 2 is 2.00 bits per heavy atom. The van der Waals surface area contributed by atoms with Crippen molar-refractivity contribution < 1.29 is 4.79 Å². The van der Waals surface area contributed by atoms with Gasteiger partial charge in [-0.2, -0.15) is 0 Å². The van der Waals surface area contributed by atoms with Gasteiger partial charge in [-0.1, -0.05) is 30.7 Å². The van der Waals surface area contributed by atoms with Gasteiger partial charge in [0.15, 0.2) is 11.5 Å². The summed E-state index contributed by atoms with van der Waals surface area (Å²) in [7, 11) is 0. The van der Waals surface area contributed by atoms with Crippen LogP contribution in [0.1, 0.15) is 30.8 Å². The number of hydrogen-bond acceptors (Lipinski definition) is 4. The van der Waals surface area contributed by atoms with Gasteiger partial charge in [0, 0.05) is 6.04 Å². The van der Waals surface area contributed by atoms with Gasteiger partial charge in [-0.05, 0) is 37.6 Å². The van der Waals surface area contributed by atoms with Crippen molar-refractivity contribution in [3.05, 3.63) is 47.1 Å². The molecular formula is C15H17ClN4O. The number of hydrogen-bond donors (Lipinski definition) is 2. The highest BCUT2D eigenvalue weighted by Gasteiger charge is 2.10. The number of nitrogens with one attached hydrogen (secondary N) is 2. The van der Waals surface area contributed by atoms with E-state index in [1.54, 1.807) is 18.2 Å². The number of benzene rings is 1. The standard InChI is InChI=1S/C15H17ClN4O/c1-3-10(2)17-15(21)13-8-9-14(20-19-13)18-12-7-5-4-6-11(12)16/h4-10H,3H2,1-2H3,(H,17,21)(H,18,20). The molecule has 110 valence electrons. The van der Waals surface area contributed by atoms with Crippen molar-refractivity contribution in [3.8, 4) is 0 Å². The molecule has 0 saturated carbocycles. The molecular weight excluding hydrogens is 288 g/mol. The second-order valence-electron chi connectivity index (χ2n) is 4.69. The summed E-state index contributed by atoms with van der Waals surface area (Å²) in [6.45, 7) is 3.95. The molecule has 1 heterocycles. The molecule has 0 saturated heterocycles. The highest BCUT2D eigenvalue weighted by atomic mass is 35.5. The minimum Gasteiger partial charge on any atom is -0.348 e. The van der Waals surface area contributed by atoms with Gasteiger partial charge in [-0.3, -0.25) is 4.79 Å². The van der Waals surface area contributed by atoms with Gasteiger partial charge in [-0.15, -0.1) is 10.2 Å². The fourth-order valence-electron chi connectivity index (χ4n) is 1.62. The SMILES string of the molecule is CCC(C)NC(=O)c1ccc(Nc2ccccc2Cl)nn1. The Bertz CT molecular complexity index is 615. The third-order valence-electron chi connectivity index (χ3n) is 3.02. The first-order valence-electron chi connectivity index (χ1n) is 6.76. The fourth-order valence-corrected chi connectivity index (χ4v) is 1.80. The number of rotatable bonds is 5. The molecule has 2 rings (SSSR count). The van der Waals surface area contributed by atoms with Crippen LogP contribution in [-0.4, -0.2) is 22.1 Å². The van der Waals surface area contributed by atoms with Gasteiger partial charge in [0.1, 0.15) is 0 Å². The number of halogens is 1. The summed E-state index contributed by atoms with van der Waals surface area (Å²) in [4.78, 5) is 11.9. The highest BCUT2D eigenvalue weighted by Crippen LogP contribution is 2.23. The summed E-state index contributed by atoms with van der Waals surface area (Å²) in [6.07, 6.45) is 0.866. The minimum atomic E-state index is -0.221. The lowest BCUT2D eigenvalue weighted by atomic mass is 10.2. The predicted octanol–water partition coefficient (Wildman–Crippen LogP) is 3.40. The van der Waals surface area contributed by atoms with Gasteiger partial charge in [0.2, 0.25) is 0 Å². The molecule has 0 aliphatic heterocycles. The molecule has 0 fully saturated rings. The van der Waals surface area contributed by atoms with Crippen molar-refractivity contribution in [1.29, 1.82) is 0 Å². The van der Waals surface area contributed by atoms with E-state index in [1.807, 2.05) is 32.0 Å². The van der Waals surface area contributed by atoms with Crippen LogP contribution in [0.25, 0.3) is 0 Å². The van der Waals surface area contributed by atoms with Crippen molar-refractivity contribution in [2.75, 3.05) is 5.32 Å². The molecule has 1 atom stereocenters. The number of amides is 1. The third-order valence-corrected chi connectivity index (χ3v) is 3.35. The van der Waals surface area contributed by atoms with Crippen LogP contribution >= 0.6 is 11.6 Å². The summed E-state index contributed by atoms with van der Waals surface area (Å²) in [6, 6.07) is 10.8. The number of anilines is 2. The number of carbonyl (C=O) groups excluding carboxylic acids is 1. The normalized spacial score (nSPS) is 11.8. The average molecular weight is 305 g/mol. The number of nitrogens with zero attached hydrogens (tertiary/aromatic N) is 2. The van der Waals surface area contributed by atoms with Crippen LogP contribution in [0, 0.1) is 0 Å². The van der Waals surface area contributed by atoms with Crippen LogP contribution in [0.4, 0.5) is 11.5 Å². The molecule has 0 radical (unpaired) electrons. The van der Waals surface area contributed by atoms with Crippen molar-refractivity contribution in [1.82, 2.24) is 15.5 Å². The molecule has 1 unspecified atom stereocenters. The molecule has 0 bridgehead atoms. The fraction of sp³-hybridized carbons (Fsp3) is 0.267. The van der Waals surface area contributed by atoms with Gasteiger partial charge < -0.3 is 10.6 Å². The Hall–Kier alpha value is -2.14. The van der Waals surface area contributed by atoms with Crippen molar-refractivity contribution >= 4 is 29.0 Å². The van der Waals surface area contributed by atoms with E-state index in [0.29, 0.717) is 16.5 Å². The van der Waals surface area contributed by atoms with Crippen LogP contribution in [0.3, 0.4) is 0 Å². The number of para-hydroxylation sites is 1. The lowest BCUT2D eigenvalue weighted by molar-refractivity contribution is 0.0933. The predicted molar refractivity (Wildman–Crippen MR) is 84.0 cm³/mol. The Labute approximate surface area is 128 Å². The second kappa shape index (κ2) is 7.04. The van der Waals surface area contributed by atoms with Gasteiger partial charge in [0.25, 0.3) is 5.91 Å². The average Bonchev–Trinajstić information content (AvgIpc) is 2.50. The maximum atomic E-state index is 11.9. The first-order chi connectivity index (χ1) is 10.1. The zero-order chi connectivity index (χ0) is 15.2. The molecule has 0 aliphatic rings. The second-order valence-corrected chi connectivity index (χ2v) is 5.10. The highest BCUT2D eigenvalue weighted by molar-refractivity contribution is 6.33. The first kappa shape index (κ1) is 15.3. The zero-order valence-corrected chi connectivity index (χ0v) is 12.7. The van der Waals surface area contributed by atoms with Crippen LogP contribution in [0.5, 0.6) is 0 Å². The van der Waals surface area contributed by atoms with Crippen LogP contribution in [0.2, 0.25) is 5.02 Å². The topological polar surface area (TPSA) is 66.9 Å². The van der Waals surface area contributed by atoms with Crippen molar-refractivity contribution in [3.63, 3.8) is 0 Å². The summed E-state index contributed by atoms with van der Waals surface area (Å²) in [5.74, 6) is 0.310. The molecule has 1 aromatic carbocycles. The number of aromatic nitrogens is 2. The van der Waals surface area contributed by atoms with Crippen molar-refractivity contribution in [2.45, 2.75) is 26.3 Å². The zero-order valence-electron chi connectivity index (χ0n) is 11.9. The monoisotopic (exact) mass is 304 g/mol. The van der Waals surface area contributed by atoms with E-state index in [0.717, 1.165) is 12.1 Å². The lowest BCUT2D eigenvalue weighted by Crippen LogP contribution is -2.32. The van der Waals surface area contributed by atoms with Crippen LogP contribution < -0.4 is 10.6 Å². The minimum absolute atomic E-state index is 0.111. The summed E-state index contributed by atoms with van der Waals surface area (Å²) in [5.41, 5.74) is 1.03. The van der Waals surface area contributed by atoms with Crippen molar-refractivity contribution in [2.24, 2.45) is 0 Å². The molecule has 6 heteroatoms. The van der Waals surface area contributed by atoms with E-state index in [-0.39, 0.29) is 11.9 Å². The van der Waals surface area contributed by atoms with Crippen LogP contribution in [-0.2, 0) is 0 Å². The Morgan fingerprint density at radius 1 is 1.24 bits per heavy atom. The van der Waals surface area contributed by atoms with Gasteiger partial charge >= 0.3 is 0 Å². The maximum absolute atomic E-state index is 11.9. The van der Waals surface area contributed by atoms with Crippen LogP contribution in [0.15, 0.2) is 36.4 Å². The van der Waals surface area contributed by atoms with E-state index in [1.165, 1.54) is 0 Å². The molecule has 0 spiro atoms. The quantitative estimate of drug-likeness (QED) is 0.888. The van der Waals surface area contributed by atoms with E-state index in [9.17, 15) is 4.79 Å². The first-order valence-corrected chi connectivity index (χ1v) is 7.14. The van der Waals surface area contributed by atoms with E-state index in [2.05, 4.69) is 20.8 Å². The molecule has 2 N–H and O–H groups in total. The Morgan fingerprint density at radius 3 is 2.62 bits per heavy atom. The third kappa shape index (κ3) is 4.16. The van der Waals surface area contributed by atoms with Gasteiger partial charge in [0.05, 0.1) is 10.7 Å². The molecule has 0 aliphatic carbocycles. The van der Waals surface area contributed by atoms with E-state index < -0.39 is 0 Å². The summed E-state index contributed by atoms with van der Waals surface area (Å²) in [5, 5.41) is 14.4. The Balaban J connectivity index is 2.05. The largest absolute Gasteiger partial charge is 0.348 e. The van der Waals surface area contributed by atoms with E-state index >= 15 is 0 Å². The summed E-state index contributed by atoms with van der Waals surface area (Å²) >= 11 is 6.05. The van der Waals surface area contributed by atoms with E-state index in [4.69, 9.17) is 11.6 Å². The smallest absolute Gasteiger partial charge is 0.272 e. The van der Waals surface area contributed by atoms with Gasteiger partial charge in [-0.25, -0.2) is 0 Å². The lowest BCUT2D eigenvalue weighted by Gasteiger charge is -2.11.